The van der Waals surface area contributed by atoms with Crippen molar-refractivity contribution in [2.45, 2.75) is 32.1 Å². The highest BCUT2D eigenvalue weighted by atomic mass is 32.2. The van der Waals surface area contributed by atoms with Crippen LogP contribution in [0.5, 0.6) is 0 Å². The van der Waals surface area contributed by atoms with Gasteiger partial charge in [-0.05, 0) is 20.1 Å². The lowest BCUT2D eigenvalue weighted by Gasteiger charge is -2.11. The van der Waals surface area contributed by atoms with E-state index >= 15 is 0 Å². The Labute approximate surface area is 78.2 Å². The van der Waals surface area contributed by atoms with E-state index in [9.17, 15) is 4.79 Å². The van der Waals surface area contributed by atoms with E-state index in [1.165, 1.54) is 0 Å². The number of ether oxygens (including phenoxy) is 1. The fourth-order valence-corrected chi connectivity index (χ4v) is 0.816. The first-order valence-corrected chi connectivity index (χ1v) is 5.32. The number of nitrogens with one attached hydrogen (secondary N) is 1. The molecule has 0 aliphatic heterocycles. The maximum atomic E-state index is 10.9. The van der Waals surface area contributed by atoms with Crippen molar-refractivity contribution in [1.82, 2.24) is 5.32 Å². The van der Waals surface area contributed by atoms with Crippen molar-refractivity contribution in [3.63, 3.8) is 0 Å². The van der Waals surface area contributed by atoms with Crippen LogP contribution < -0.4 is 5.32 Å². The van der Waals surface area contributed by atoms with Gasteiger partial charge in [-0.25, -0.2) is 4.79 Å². The molecule has 72 valence electrons. The first kappa shape index (κ1) is 11.6. The molecule has 3 nitrogen and oxygen atoms in total. The lowest BCUT2D eigenvalue weighted by molar-refractivity contribution is 0.116. The summed E-state index contributed by atoms with van der Waals surface area (Å²) in [7, 11) is 0. The quantitative estimate of drug-likeness (QED) is 0.737. The monoisotopic (exact) mass is 191 g/mol. The van der Waals surface area contributed by atoms with Gasteiger partial charge in [0.05, 0.1) is 6.10 Å². The molecule has 1 unspecified atom stereocenters. The van der Waals surface area contributed by atoms with Crippen LogP contribution in [0.3, 0.4) is 0 Å². The maximum Gasteiger partial charge on any atom is 0.407 e. The molecule has 0 aromatic carbocycles. The summed E-state index contributed by atoms with van der Waals surface area (Å²) in [6.07, 6.45) is 1.64. The van der Waals surface area contributed by atoms with Crippen molar-refractivity contribution < 1.29 is 9.53 Å². The van der Waals surface area contributed by atoms with Crippen LogP contribution in [-0.2, 0) is 4.74 Å². The molecule has 1 atom stereocenters. The van der Waals surface area contributed by atoms with Crippen LogP contribution in [0.25, 0.3) is 0 Å². The topological polar surface area (TPSA) is 38.3 Å². The standard InChI is InChI=1S/C8H17NO2S/c1-6(2)11-8(10)9-5-7(3)12-4/h6-7H,5H2,1-4H3,(H,9,10). The number of carbonyl (C=O) groups is 1. The molecule has 4 heteroatoms. The number of amides is 1. The van der Waals surface area contributed by atoms with Crippen LogP contribution in [0.15, 0.2) is 0 Å². The van der Waals surface area contributed by atoms with Crippen molar-refractivity contribution >= 4 is 17.9 Å². The van der Waals surface area contributed by atoms with Gasteiger partial charge in [0.1, 0.15) is 0 Å². The number of hydrogen-bond acceptors (Lipinski definition) is 3. The Morgan fingerprint density at radius 1 is 1.50 bits per heavy atom. The minimum Gasteiger partial charge on any atom is -0.447 e. The van der Waals surface area contributed by atoms with Gasteiger partial charge in [-0.15, -0.1) is 0 Å². The van der Waals surface area contributed by atoms with E-state index in [4.69, 9.17) is 4.74 Å². The predicted molar refractivity (Wildman–Crippen MR) is 52.6 cm³/mol. The van der Waals surface area contributed by atoms with Gasteiger partial charge in [-0.1, -0.05) is 6.92 Å². The molecule has 0 rings (SSSR count). The summed E-state index contributed by atoms with van der Waals surface area (Å²) in [5.74, 6) is 0. The van der Waals surface area contributed by atoms with E-state index in [0.29, 0.717) is 11.8 Å². The largest absolute Gasteiger partial charge is 0.447 e. The molecule has 0 fully saturated rings. The van der Waals surface area contributed by atoms with Gasteiger partial charge in [0.2, 0.25) is 0 Å². The van der Waals surface area contributed by atoms with Gasteiger partial charge in [-0.3, -0.25) is 0 Å². The molecule has 0 bridgehead atoms. The number of alkyl carbamates (subject to hydrolysis) is 1. The lowest BCUT2D eigenvalue weighted by Crippen LogP contribution is -2.31. The average Bonchev–Trinajstić information content (AvgIpc) is 1.99. The van der Waals surface area contributed by atoms with Crippen molar-refractivity contribution in [3.8, 4) is 0 Å². The van der Waals surface area contributed by atoms with Crippen molar-refractivity contribution in [2.24, 2.45) is 0 Å². The third-order valence-electron chi connectivity index (χ3n) is 1.28. The van der Waals surface area contributed by atoms with E-state index in [1.54, 1.807) is 11.8 Å². The Hall–Kier alpha value is -0.380. The molecule has 0 radical (unpaired) electrons. The summed E-state index contributed by atoms with van der Waals surface area (Å²) in [6.45, 7) is 6.38. The molecule has 0 aromatic rings. The summed E-state index contributed by atoms with van der Waals surface area (Å²) < 4.78 is 4.89. The van der Waals surface area contributed by atoms with Crippen molar-refractivity contribution in [2.75, 3.05) is 12.8 Å². The molecule has 1 N–H and O–H groups in total. The summed E-state index contributed by atoms with van der Waals surface area (Å²) in [5, 5.41) is 3.12. The molecule has 0 heterocycles. The molecular weight excluding hydrogens is 174 g/mol. The predicted octanol–water partition coefficient (Wildman–Crippen LogP) is 1.87. The zero-order chi connectivity index (χ0) is 9.56. The van der Waals surface area contributed by atoms with Crippen LogP contribution in [0.4, 0.5) is 4.79 Å². The molecule has 0 aromatic heterocycles. The van der Waals surface area contributed by atoms with E-state index in [0.717, 1.165) is 0 Å². The van der Waals surface area contributed by atoms with Gasteiger partial charge < -0.3 is 10.1 Å². The van der Waals surface area contributed by atoms with E-state index in [2.05, 4.69) is 12.2 Å². The van der Waals surface area contributed by atoms with Gasteiger partial charge in [0, 0.05) is 11.8 Å². The van der Waals surface area contributed by atoms with E-state index in [-0.39, 0.29) is 12.2 Å². The summed E-state index contributed by atoms with van der Waals surface area (Å²) in [6, 6.07) is 0. The van der Waals surface area contributed by atoms with E-state index in [1.807, 2.05) is 20.1 Å². The Bertz CT molecular complexity index is 139. The zero-order valence-electron chi connectivity index (χ0n) is 8.09. The highest BCUT2D eigenvalue weighted by Gasteiger charge is 2.05. The average molecular weight is 191 g/mol. The zero-order valence-corrected chi connectivity index (χ0v) is 8.90. The molecular formula is C8H17NO2S. The van der Waals surface area contributed by atoms with Gasteiger partial charge in [-0.2, -0.15) is 11.8 Å². The molecule has 0 spiro atoms. The first-order valence-electron chi connectivity index (χ1n) is 4.03. The maximum absolute atomic E-state index is 10.9. The number of carbonyl (C=O) groups excluding carboxylic acids is 1. The summed E-state index contributed by atoms with van der Waals surface area (Å²) in [5.41, 5.74) is 0. The Morgan fingerprint density at radius 3 is 2.50 bits per heavy atom. The second-order valence-electron chi connectivity index (χ2n) is 2.88. The lowest BCUT2D eigenvalue weighted by atomic mass is 10.5. The van der Waals surface area contributed by atoms with Crippen LogP contribution in [0, 0.1) is 0 Å². The van der Waals surface area contributed by atoms with Crippen LogP contribution in [0.1, 0.15) is 20.8 Å². The molecule has 0 aliphatic carbocycles. The van der Waals surface area contributed by atoms with E-state index < -0.39 is 0 Å². The second-order valence-corrected chi connectivity index (χ2v) is 4.16. The minimum absolute atomic E-state index is 0.0467. The Balaban J connectivity index is 3.44. The molecule has 1 amide bonds. The minimum atomic E-state index is -0.328. The fraction of sp³-hybridized carbons (Fsp3) is 0.875. The smallest absolute Gasteiger partial charge is 0.407 e. The van der Waals surface area contributed by atoms with Gasteiger partial charge in [0.15, 0.2) is 0 Å². The fourth-order valence-electron chi connectivity index (χ4n) is 0.566. The molecule has 0 saturated heterocycles. The molecule has 0 aliphatic rings. The van der Waals surface area contributed by atoms with Gasteiger partial charge in [0.25, 0.3) is 0 Å². The first-order chi connectivity index (χ1) is 5.56. The third-order valence-corrected chi connectivity index (χ3v) is 2.25. The number of thioether (sulfide) groups is 1. The third kappa shape index (κ3) is 6.34. The van der Waals surface area contributed by atoms with Crippen molar-refractivity contribution in [3.05, 3.63) is 0 Å². The van der Waals surface area contributed by atoms with Crippen LogP contribution >= 0.6 is 11.8 Å². The highest BCUT2D eigenvalue weighted by molar-refractivity contribution is 7.99. The molecule has 0 saturated carbocycles. The summed E-state index contributed by atoms with van der Waals surface area (Å²) >= 11 is 1.72. The Morgan fingerprint density at radius 2 is 2.08 bits per heavy atom. The summed E-state index contributed by atoms with van der Waals surface area (Å²) in [4.78, 5) is 10.9. The van der Waals surface area contributed by atoms with Crippen LogP contribution in [-0.4, -0.2) is 30.2 Å². The van der Waals surface area contributed by atoms with Crippen molar-refractivity contribution in [1.29, 1.82) is 0 Å². The SMILES string of the molecule is CSC(C)CNC(=O)OC(C)C. The highest BCUT2D eigenvalue weighted by Crippen LogP contribution is 2.02. The second kappa shape index (κ2) is 6.17. The normalized spacial score (nSPS) is 12.8. The number of hydrogen-bond donors (Lipinski definition) is 1. The van der Waals surface area contributed by atoms with Gasteiger partial charge >= 0.3 is 6.09 Å². The molecule has 12 heavy (non-hydrogen) atoms. The number of rotatable bonds is 4. The Kier molecular flexibility index (Phi) is 5.98. The van der Waals surface area contributed by atoms with Crippen LogP contribution in [0.2, 0.25) is 0 Å².